The zero-order valence-corrected chi connectivity index (χ0v) is 11.5. The molecule has 98 valence electrons. The predicted molar refractivity (Wildman–Crippen MR) is 71.6 cm³/mol. The van der Waals surface area contributed by atoms with Gasteiger partial charge in [-0.15, -0.1) is 0 Å². The Hall–Kier alpha value is -1.35. The van der Waals surface area contributed by atoms with Crippen LogP contribution < -0.4 is 0 Å². The molecule has 3 heteroatoms. The zero-order valence-electron chi connectivity index (χ0n) is 11.5. The van der Waals surface area contributed by atoms with E-state index in [2.05, 4.69) is 32.0 Å². The smallest absolute Gasteiger partial charge is 0.311 e. The van der Waals surface area contributed by atoms with Crippen molar-refractivity contribution in [2.24, 2.45) is 5.41 Å². The molecule has 0 saturated heterocycles. The molecule has 1 N–H and O–H groups in total. The summed E-state index contributed by atoms with van der Waals surface area (Å²) in [5.41, 5.74) is 2.96. The molecule has 0 aromatic heterocycles. The molecule has 1 aromatic carbocycles. The number of hydrogen-bond acceptors (Lipinski definition) is 2. The maximum Gasteiger partial charge on any atom is 0.311 e. The third-order valence-corrected chi connectivity index (χ3v) is 3.97. The van der Waals surface area contributed by atoms with Crippen molar-refractivity contribution in [3.63, 3.8) is 0 Å². The molecule has 0 aliphatic heterocycles. The van der Waals surface area contributed by atoms with Gasteiger partial charge in [0.05, 0.1) is 11.5 Å². The molecule has 0 bridgehead atoms. The molecule has 0 spiro atoms. The summed E-state index contributed by atoms with van der Waals surface area (Å²) in [6.45, 7) is 4.13. The van der Waals surface area contributed by atoms with E-state index in [-0.39, 0.29) is 6.04 Å². The molecule has 1 atom stereocenters. The minimum Gasteiger partial charge on any atom is -0.481 e. The summed E-state index contributed by atoms with van der Waals surface area (Å²) in [6, 6.07) is 6.24. The Bertz CT molecular complexity index is 475. The topological polar surface area (TPSA) is 40.5 Å². The molecule has 1 unspecified atom stereocenters. The van der Waals surface area contributed by atoms with Gasteiger partial charge in [-0.2, -0.15) is 0 Å². The van der Waals surface area contributed by atoms with Crippen LogP contribution in [0.25, 0.3) is 0 Å². The van der Waals surface area contributed by atoms with E-state index in [1.807, 2.05) is 19.0 Å². The van der Waals surface area contributed by atoms with E-state index in [9.17, 15) is 9.90 Å². The number of rotatable bonds is 4. The van der Waals surface area contributed by atoms with E-state index >= 15 is 0 Å². The van der Waals surface area contributed by atoms with E-state index in [1.165, 1.54) is 11.1 Å². The van der Waals surface area contributed by atoms with Crippen LogP contribution in [-0.4, -0.2) is 30.1 Å². The van der Waals surface area contributed by atoms with Gasteiger partial charge in [-0.1, -0.05) is 23.8 Å². The third kappa shape index (κ3) is 2.03. The number of hydrogen-bond donors (Lipinski definition) is 1. The van der Waals surface area contributed by atoms with Crippen molar-refractivity contribution in [3.05, 3.63) is 34.9 Å². The fourth-order valence-electron chi connectivity index (χ4n) is 2.94. The monoisotopic (exact) mass is 247 g/mol. The summed E-state index contributed by atoms with van der Waals surface area (Å²) >= 11 is 0. The van der Waals surface area contributed by atoms with Crippen LogP contribution in [0.1, 0.15) is 35.6 Å². The maximum absolute atomic E-state index is 11.6. The van der Waals surface area contributed by atoms with Crippen molar-refractivity contribution in [2.75, 3.05) is 14.1 Å². The molecule has 18 heavy (non-hydrogen) atoms. The van der Waals surface area contributed by atoms with E-state index in [0.717, 1.165) is 18.4 Å². The summed E-state index contributed by atoms with van der Waals surface area (Å²) < 4.78 is 0. The molecular formula is C15H21NO2. The van der Waals surface area contributed by atoms with E-state index in [0.29, 0.717) is 0 Å². The highest BCUT2D eigenvalue weighted by Gasteiger charge is 2.57. The van der Waals surface area contributed by atoms with Crippen molar-refractivity contribution in [1.82, 2.24) is 4.90 Å². The first-order chi connectivity index (χ1) is 8.38. The van der Waals surface area contributed by atoms with Crippen LogP contribution in [0.3, 0.4) is 0 Å². The summed E-state index contributed by atoms with van der Waals surface area (Å²) in [5, 5.41) is 9.50. The Morgan fingerprint density at radius 2 is 1.94 bits per heavy atom. The van der Waals surface area contributed by atoms with E-state index in [1.54, 1.807) is 0 Å². The number of carboxylic acid groups (broad SMARTS) is 1. The van der Waals surface area contributed by atoms with E-state index in [4.69, 9.17) is 0 Å². The largest absolute Gasteiger partial charge is 0.481 e. The van der Waals surface area contributed by atoms with Crippen LogP contribution in [0, 0.1) is 19.3 Å². The average molecular weight is 247 g/mol. The van der Waals surface area contributed by atoms with Crippen LogP contribution in [-0.2, 0) is 4.79 Å². The van der Waals surface area contributed by atoms with Crippen molar-refractivity contribution >= 4 is 5.97 Å². The first kappa shape index (κ1) is 13.1. The number of aliphatic carboxylic acids is 1. The summed E-state index contributed by atoms with van der Waals surface area (Å²) in [7, 11) is 3.93. The molecule has 1 aliphatic rings. The zero-order chi connectivity index (χ0) is 13.5. The molecular weight excluding hydrogens is 226 g/mol. The molecule has 1 saturated carbocycles. The number of carboxylic acids is 1. The Balaban J connectivity index is 2.46. The Morgan fingerprint density at radius 1 is 1.33 bits per heavy atom. The lowest BCUT2D eigenvalue weighted by Crippen LogP contribution is -2.34. The SMILES string of the molecule is Cc1ccc(C(N(C)C)C2(C(=O)O)CC2)c(C)c1. The molecule has 0 amide bonds. The minimum atomic E-state index is -0.666. The van der Waals surface area contributed by atoms with Crippen LogP contribution in [0.4, 0.5) is 0 Å². The second-order valence-electron chi connectivity index (χ2n) is 5.69. The van der Waals surface area contributed by atoms with Crippen LogP contribution in [0.2, 0.25) is 0 Å². The molecule has 1 aromatic rings. The lowest BCUT2D eigenvalue weighted by Gasteiger charge is -2.31. The fraction of sp³-hybridized carbons (Fsp3) is 0.533. The quantitative estimate of drug-likeness (QED) is 0.889. The summed E-state index contributed by atoms with van der Waals surface area (Å²) in [6.07, 6.45) is 1.55. The van der Waals surface area contributed by atoms with Gasteiger partial charge in [0.15, 0.2) is 0 Å². The third-order valence-electron chi connectivity index (χ3n) is 3.97. The highest BCUT2D eigenvalue weighted by atomic mass is 16.4. The first-order valence-electron chi connectivity index (χ1n) is 6.35. The van der Waals surface area contributed by atoms with Crippen molar-refractivity contribution in [1.29, 1.82) is 0 Å². The molecule has 0 heterocycles. The van der Waals surface area contributed by atoms with Gasteiger partial charge in [-0.05, 0) is 51.9 Å². The van der Waals surface area contributed by atoms with Gasteiger partial charge < -0.3 is 10.0 Å². The molecule has 0 radical (unpaired) electrons. The lowest BCUT2D eigenvalue weighted by molar-refractivity contribution is -0.146. The summed E-state index contributed by atoms with van der Waals surface area (Å²) in [4.78, 5) is 13.6. The van der Waals surface area contributed by atoms with Crippen LogP contribution in [0.5, 0.6) is 0 Å². The van der Waals surface area contributed by atoms with Gasteiger partial charge in [0.1, 0.15) is 0 Å². The number of benzene rings is 1. The van der Waals surface area contributed by atoms with Crippen molar-refractivity contribution in [2.45, 2.75) is 32.7 Å². The highest BCUT2D eigenvalue weighted by Crippen LogP contribution is 2.57. The second-order valence-corrected chi connectivity index (χ2v) is 5.69. The van der Waals surface area contributed by atoms with Gasteiger partial charge in [0, 0.05) is 0 Å². The molecule has 2 rings (SSSR count). The summed E-state index contributed by atoms with van der Waals surface area (Å²) in [5.74, 6) is -0.666. The molecule has 1 aliphatic carbocycles. The Kier molecular flexibility index (Phi) is 3.20. The van der Waals surface area contributed by atoms with Gasteiger partial charge in [0.2, 0.25) is 0 Å². The van der Waals surface area contributed by atoms with Gasteiger partial charge in [-0.25, -0.2) is 0 Å². The van der Waals surface area contributed by atoms with Crippen LogP contribution in [0.15, 0.2) is 18.2 Å². The first-order valence-corrected chi connectivity index (χ1v) is 6.35. The normalized spacial score (nSPS) is 18.7. The van der Waals surface area contributed by atoms with Gasteiger partial charge in [0.25, 0.3) is 0 Å². The number of aryl methyl sites for hydroxylation is 2. The number of nitrogens with zero attached hydrogens (tertiary/aromatic N) is 1. The van der Waals surface area contributed by atoms with Gasteiger partial charge in [-0.3, -0.25) is 4.79 Å². The van der Waals surface area contributed by atoms with E-state index < -0.39 is 11.4 Å². The minimum absolute atomic E-state index is 0.0319. The standard InChI is InChI=1S/C15H21NO2/c1-10-5-6-12(11(2)9-10)13(16(3)4)15(7-8-15)14(17)18/h5-6,9,13H,7-8H2,1-4H3,(H,17,18). The number of carbonyl (C=O) groups is 1. The second kappa shape index (κ2) is 4.39. The molecule has 3 nitrogen and oxygen atoms in total. The fourth-order valence-corrected chi connectivity index (χ4v) is 2.94. The van der Waals surface area contributed by atoms with Crippen molar-refractivity contribution in [3.8, 4) is 0 Å². The Morgan fingerprint density at radius 3 is 2.33 bits per heavy atom. The van der Waals surface area contributed by atoms with Gasteiger partial charge >= 0.3 is 5.97 Å². The average Bonchev–Trinajstić information content (AvgIpc) is 3.02. The van der Waals surface area contributed by atoms with Crippen LogP contribution >= 0.6 is 0 Å². The predicted octanol–water partition coefficient (Wildman–Crippen LogP) is 2.77. The lowest BCUT2D eigenvalue weighted by atomic mass is 9.86. The molecule has 1 fully saturated rings. The maximum atomic E-state index is 11.6. The Labute approximate surface area is 108 Å². The van der Waals surface area contributed by atoms with Crippen molar-refractivity contribution < 1.29 is 9.90 Å². The highest BCUT2D eigenvalue weighted by molar-refractivity contribution is 5.79.